The van der Waals surface area contributed by atoms with Gasteiger partial charge in [0.15, 0.2) is 16.4 Å². The van der Waals surface area contributed by atoms with Gasteiger partial charge in [0.25, 0.3) is 5.91 Å². The van der Waals surface area contributed by atoms with Gasteiger partial charge < -0.3 is 9.64 Å². The van der Waals surface area contributed by atoms with E-state index in [1.807, 2.05) is 45.9 Å². The van der Waals surface area contributed by atoms with Crippen LogP contribution < -0.4 is 9.64 Å². The van der Waals surface area contributed by atoms with Gasteiger partial charge in [-0.25, -0.2) is 8.42 Å². The van der Waals surface area contributed by atoms with Gasteiger partial charge in [0.2, 0.25) is 0 Å². The van der Waals surface area contributed by atoms with Crippen LogP contribution in [0.3, 0.4) is 0 Å². The number of rotatable bonds is 6. The maximum atomic E-state index is 12.7. The molecule has 0 spiro atoms. The smallest absolute Gasteiger partial charge is 0.265 e. The lowest BCUT2D eigenvalue weighted by molar-refractivity contribution is -0.120. The summed E-state index contributed by atoms with van der Waals surface area (Å²) in [5, 5.41) is 0. The fraction of sp³-hybridized carbons (Fsp3) is 0.350. The molecular weight excluding hydrogens is 350 g/mol. The number of carbonyl (C=O) groups excluding carboxylic acids is 1. The van der Waals surface area contributed by atoms with Crippen molar-refractivity contribution in [1.82, 2.24) is 0 Å². The Morgan fingerprint density at radius 1 is 1.08 bits per heavy atom. The first-order chi connectivity index (χ1) is 12.1. The van der Waals surface area contributed by atoms with Gasteiger partial charge in [-0.05, 0) is 69.2 Å². The van der Waals surface area contributed by atoms with Gasteiger partial charge in [0.1, 0.15) is 5.75 Å². The third kappa shape index (κ3) is 4.85. The Kier molecular flexibility index (Phi) is 6.08. The highest BCUT2D eigenvalue weighted by Gasteiger charge is 2.20. The Balaban J connectivity index is 2.18. The van der Waals surface area contributed by atoms with Crippen LogP contribution in [0.2, 0.25) is 0 Å². The van der Waals surface area contributed by atoms with Crippen LogP contribution in [0.15, 0.2) is 47.4 Å². The maximum Gasteiger partial charge on any atom is 0.265 e. The van der Waals surface area contributed by atoms with E-state index in [0.717, 1.165) is 17.4 Å². The van der Waals surface area contributed by atoms with Gasteiger partial charge in [-0.2, -0.15) is 0 Å². The predicted octanol–water partition coefficient (Wildman–Crippen LogP) is 3.53. The van der Waals surface area contributed by atoms with Crippen LogP contribution in [0, 0.1) is 13.8 Å². The van der Waals surface area contributed by atoms with Gasteiger partial charge >= 0.3 is 0 Å². The first-order valence-corrected chi connectivity index (χ1v) is 10.3. The van der Waals surface area contributed by atoms with Crippen LogP contribution in [-0.4, -0.2) is 33.2 Å². The van der Waals surface area contributed by atoms with E-state index >= 15 is 0 Å². The van der Waals surface area contributed by atoms with Crippen LogP contribution >= 0.6 is 0 Å². The largest absolute Gasteiger partial charge is 0.483 e. The second-order valence-corrected chi connectivity index (χ2v) is 8.70. The quantitative estimate of drug-likeness (QED) is 0.775. The highest BCUT2D eigenvalue weighted by molar-refractivity contribution is 7.90. The summed E-state index contributed by atoms with van der Waals surface area (Å²) in [6.07, 6.45) is 1.16. The molecule has 2 aromatic rings. The highest BCUT2D eigenvalue weighted by atomic mass is 32.2. The molecule has 0 bridgehead atoms. The van der Waals surface area contributed by atoms with Gasteiger partial charge in [-0.3, -0.25) is 4.79 Å². The summed E-state index contributed by atoms with van der Waals surface area (Å²) in [5.74, 6) is 0.502. The minimum absolute atomic E-state index is 0.0870. The Morgan fingerprint density at radius 3 is 2.23 bits per heavy atom. The third-order valence-electron chi connectivity index (χ3n) is 4.02. The fourth-order valence-electron chi connectivity index (χ4n) is 2.66. The average molecular weight is 375 g/mol. The van der Waals surface area contributed by atoms with Crippen molar-refractivity contribution in [2.24, 2.45) is 0 Å². The summed E-state index contributed by atoms with van der Waals surface area (Å²) >= 11 is 0. The Labute approximate surface area is 155 Å². The molecule has 5 nitrogen and oxygen atoms in total. The van der Waals surface area contributed by atoms with Gasteiger partial charge in [-0.1, -0.05) is 12.1 Å². The zero-order valence-electron chi connectivity index (χ0n) is 15.8. The molecule has 0 aromatic heterocycles. The molecule has 0 aliphatic rings. The Bertz CT molecular complexity index is 887. The van der Waals surface area contributed by atoms with Crippen molar-refractivity contribution in [3.05, 3.63) is 53.6 Å². The van der Waals surface area contributed by atoms with Gasteiger partial charge in [0, 0.05) is 18.0 Å². The first-order valence-electron chi connectivity index (χ1n) is 8.42. The van der Waals surface area contributed by atoms with Crippen molar-refractivity contribution in [3.8, 4) is 5.75 Å². The molecular formula is C20H25NO4S. The van der Waals surface area contributed by atoms with E-state index in [2.05, 4.69) is 0 Å². The van der Waals surface area contributed by atoms with E-state index < -0.39 is 9.84 Å². The molecule has 2 rings (SSSR count). The Morgan fingerprint density at radius 2 is 1.69 bits per heavy atom. The van der Waals surface area contributed by atoms with E-state index in [0.29, 0.717) is 11.4 Å². The summed E-state index contributed by atoms with van der Waals surface area (Å²) in [5.41, 5.74) is 2.68. The third-order valence-corrected chi connectivity index (χ3v) is 5.15. The molecule has 0 atom stereocenters. The lowest BCUT2D eigenvalue weighted by Crippen LogP contribution is -2.40. The molecule has 0 radical (unpaired) electrons. The number of amides is 1. The molecule has 1 amide bonds. The number of hydrogen-bond acceptors (Lipinski definition) is 4. The number of carbonyl (C=O) groups is 1. The molecule has 6 heteroatoms. The van der Waals surface area contributed by atoms with Crippen molar-refractivity contribution < 1.29 is 17.9 Å². The van der Waals surface area contributed by atoms with Crippen LogP contribution in [0.4, 0.5) is 5.69 Å². The maximum absolute atomic E-state index is 12.7. The normalized spacial score (nSPS) is 11.5. The molecule has 0 N–H and O–H groups in total. The molecule has 26 heavy (non-hydrogen) atoms. The van der Waals surface area contributed by atoms with Crippen LogP contribution in [0.5, 0.6) is 5.75 Å². The molecule has 0 aliphatic carbocycles. The van der Waals surface area contributed by atoms with E-state index in [1.54, 1.807) is 17.0 Å². The second-order valence-electron chi connectivity index (χ2n) is 6.68. The minimum Gasteiger partial charge on any atom is -0.483 e. The number of hydrogen-bond donors (Lipinski definition) is 0. The molecule has 0 fully saturated rings. The van der Waals surface area contributed by atoms with Crippen molar-refractivity contribution >= 4 is 21.4 Å². The summed E-state index contributed by atoms with van der Waals surface area (Å²) in [7, 11) is -3.27. The zero-order valence-corrected chi connectivity index (χ0v) is 16.6. The molecule has 0 saturated heterocycles. The highest BCUT2D eigenvalue weighted by Crippen LogP contribution is 2.22. The Hall–Kier alpha value is -2.34. The zero-order chi connectivity index (χ0) is 19.5. The summed E-state index contributed by atoms with van der Waals surface area (Å²) < 4.78 is 28.9. The number of nitrogens with zero attached hydrogens (tertiary/aromatic N) is 1. The van der Waals surface area contributed by atoms with Crippen LogP contribution in [0.25, 0.3) is 0 Å². The second kappa shape index (κ2) is 7.91. The molecule has 0 aliphatic heterocycles. The van der Waals surface area contributed by atoms with Gasteiger partial charge in [0.05, 0.1) is 4.90 Å². The average Bonchev–Trinajstić information content (AvgIpc) is 2.55. The number of sulfone groups is 1. The minimum atomic E-state index is -3.27. The van der Waals surface area contributed by atoms with Crippen molar-refractivity contribution in [2.75, 3.05) is 17.8 Å². The standard InChI is InChI=1S/C20H25NO4S/c1-14(2)21(17-8-10-18(11-9-17)26(5,23)24)20(22)13-25-19-12-15(3)6-7-16(19)4/h6-12,14H,13H2,1-5H3. The molecule has 0 heterocycles. The topological polar surface area (TPSA) is 63.7 Å². The van der Waals surface area contributed by atoms with E-state index in [9.17, 15) is 13.2 Å². The lowest BCUT2D eigenvalue weighted by atomic mass is 10.1. The molecule has 0 saturated carbocycles. The van der Waals surface area contributed by atoms with E-state index in [1.165, 1.54) is 12.1 Å². The summed E-state index contributed by atoms with van der Waals surface area (Å²) in [6, 6.07) is 12.1. The van der Waals surface area contributed by atoms with Gasteiger partial charge in [-0.15, -0.1) is 0 Å². The number of anilines is 1. The summed E-state index contributed by atoms with van der Waals surface area (Å²) in [6.45, 7) is 7.62. The van der Waals surface area contributed by atoms with Crippen LogP contribution in [-0.2, 0) is 14.6 Å². The number of ether oxygens (including phenoxy) is 1. The van der Waals surface area contributed by atoms with Crippen molar-refractivity contribution in [3.63, 3.8) is 0 Å². The number of benzene rings is 2. The summed E-state index contributed by atoms with van der Waals surface area (Å²) in [4.78, 5) is 14.6. The lowest BCUT2D eigenvalue weighted by Gasteiger charge is -2.27. The monoisotopic (exact) mass is 375 g/mol. The SMILES string of the molecule is Cc1ccc(C)c(OCC(=O)N(c2ccc(S(C)(=O)=O)cc2)C(C)C)c1. The van der Waals surface area contributed by atoms with E-state index in [-0.39, 0.29) is 23.5 Å². The predicted molar refractivity (Wildman–Crippen MR) is 104 cm³/mol. The van der Waals surface area contributed by atoms with E-state index in [4.69, 9.17) is 4.74 Å². The molecule has 2 aromatic carbocycles. The molecule has 140 valence electrons. The van der Waals surface area contributed by atoms with Crippen molar-refractivity contribution in [1.29, 1.82) is 0 Å². The first kappa shape index (κ1) is 20.0. The van der Waals surface area contributed by atoms with Crippen LogP contribution in [0.1, 0.15) is 25.0 Å². The van der Waals surface area contributed by atoms with Crippen molar-refractivity contribution in [2.45, 2.75) is 38.6 Å². The molecule has 0 unspecified atom stereocenters. The number of aryl methyl sites for hydroxylation is 2. The fourth-order valence-corrected chi connectivity index (χ4v) is 3.29.